The van der Waals surface area contributed by atoms with Gasteiger partial charge in [-0.05, 0) is 25.0 Å². The monoisotopic (exact) mass is 306 g/mol. The second kappa shape index (κ2) is 6.55. The normalized spacial score (nSPS) is 16.8. The third-order valence-electron chi connectivity index (χ3n) is 3.53. The Bertz CT molecular complexity index is 462. The summed E-state index contributed by atoms with van der Waals surface area (Å²) in [5, 5.41) is 2.77. The molecule has 1 aromatic rings. The Morgan fingerprint density at radius 2 is 2.05 bits per heavy atom. The molecule has 3 nitrogen and oxygen atoms in total. The van der Waals surface area contributed by atoms with E-state index in [2.05, 4.69) is 5.32 Å². The van der Waals surface area contributed by atoms with Gasteiger partial charge in [0.05, 0.1) is 16.1 Å². The predicted octanol–water partition coefficient (Wildman–Crippen LogP) is 2.90. The van der Waals surface area contributed by atoms with Crippen LogP contribution in [-0.4, -0.2) is 18.0 Å². The zero-order valence-corrected chi connectivity index (χ0v) is 12.0. The van der Waals surface area contributed by atoms with Crippen molar-refractivity contribution in [2.24, 2.45) is 5.73 Å². The molecule has 0 heterocycles. The minimum atomic E-state index is -0.586. The molecule has 0 bridgehead atoms. The van der Waals surface area contributed by atoms with Crippen molar-refractivity contribution < 1.29 is 9.18 Å². The highest BCUT2D eigenvalue weighted by atomic mass is 35.5. The summed E-state index contributed by atoms with van der Waals surface area (Å²) in [5.41, 5.74) is 5.55. The van der Waals surface area contributed by atoms with E-state index in [0.29, 0.717) is 6.54 Å². The van der Waals surface area contributed by atoms with Crippen LogP contribution in [0.5, 0.6) is 0 Å². The smallest absolute Gasteiger partial charge is 0.253 e. The fourth-order valence-corrected chi connectivity index (χ4v) is 2.63. The molecular formula is C13H17Cl2FN2O. The van der Waals surface area contributed by atoms with Crippen LogP contribution in [-0.2, 0) is 0 Å². The van der Waals surface area contributed by atoms with Crippen molar-refractivity contribution >= 4 is 29.9 Å². The highest BCUT2D eigenvalue weighted by molar-refractivity contribution is 6.34. The molecule has 3 N–H and O–H groups in total. The average molecular weight is 307 g/mol. The van der Waals surface area contributed by atoms with Gasteiger partial charge in [0, 0.05) is 6.54 Å². The molecule has 1 saturated carbocycles. The number of carbonyl (C=O) groups is 1. The third kappa shape index (κ3) is 3.38. The maximum absolute atomic E-state index is 13.3. The fourth-order valence-electron chi connectivity index (χ4n) is 2.42. The number of benzene rings is 1. The number of nitrogens with one attached hydrogen (secondary N) is 1. The molecule has 1 aromatic carbocycles. The molecular weight excluding hydrogens is 290 g/mol. The molecule has 19 heavy (non-hydrogen) atoms. The van der Waals surface area contributed by atoms with Gasteiger partial charge in [0.1, 0.15) is 5.82 Å². The molecule has 106 valence electrons. The third-order valence-corrected chi connectivity index (χ3v) is 3.91. The van der Waals surface area contributed by atoms with Crippen molar-refractivity contribution in [2.45, 2.75) is 31.2 Å². The number of amides is 1. The largest absolute Gasteiger partial charge is 0.345 e. The van der Waals surface area contributed by atoms with E-state index in [0.717, 1.165) is 25.7 Å². The first kappa shape index (κ1) is 16.2. The van der Waals surface area contributed by atoms with E-state index in [1.54, 1.807) is 0 Å². The Morgan fingerprint density at radius 1 is 1.42 bits per heavy atom. The number of rotatable bonds is 3. The Morgan fingerprint density at radius 3 is 2.63 bits per heavy atom. The van der Waals surface area contributed by atoms with Gasteiger partial charge in [-0.1, -0.05) is 30.5 Å². The lowest BCUT2D eigenvalue weighted by Crippen LogP contribution is -2.51. The van der Waals surface area contributed by atoms with E-state index in [-0.39, 0.29) is 34.4 Å². The van der Waals surface area contributed by atoms with Crippen molar-refractivity contribution in [1.82, 2.24) is 5.32 Å². The summed E-state index contributed by atoms with van der Waals surface area (Å²) >= 11 is 5.80. The summed E-state index contributed by atoms with van der Waals surface area (Å²) in [7, 11) is 0. The molecule has 2 rings (SSSR count). The fraction of sp³-hybridized carbons (Fsp3) is 0.462. The van der Waals surface area contributed by atoms with Crippen LogP contribution in [0.3, 0.4) is 0 Å². The lowest BCUT2D eigenvalue weighted by molar-refractivity contribution is 0.0903. The molecule has 1 fully saturated rings. The van der Waals surface area contributed by atoms with Gasteiger partial charge in [-0.2, -0.15) is 0 Å². The van der Waals surface area contributed by atoms with Gasteiger partial charge in [-0.15, -0.1) is 12.4 Å². The second-order valence-corrected chi connectivity index (χ2v) is 5.13. The van der Waals surface area contributed by atoms with Gasteiger partial charge < -0.3 is 11.1 Å². The van der Waals surface area contributed by atoms with E-state index >= 15 is 0 Å². The minimum absolute atomic E-state index is 0. The summed E-state index contributed by atoms with van der Waals surface area (Å²) in [6, 6.07) is 4.22. The predicted molar refractivity (Wildman–Crippen MR) is 76.4 cm³/mol. The Hall–Kier alpha value is -0.840. The lowest BCUT2D eigenvalue weighted by Gasteiger charge is -2.28. The maximum atomic E-state index is 13.3. The molecule has 0 unspecified atom stereocenters. The number of nitrogens with two attached hydrogens (primary N) is 1. The molecule has 6 heteroatoms. The summed E-state index contributed by atoms with van der Waals surface area (Å²) in [4.78, 5) is 12.1. The van der Waals surface area contributed by atoms with E-state index in [1.165, 1.54) is 18.2 Å². The summed E-state index contributed by atoms with van der Waals surface area (Å²) in [6.45, 7) is 0.395. The van der Waals surface area contributed by atoms with Crippen LogP contribution in [0.4, 0.5) is 4.39 Å². The molecule has 0 atom stereocenters. The van der Waals surface area contributed by atoms with Crippen molar-refractivity contribution in [3.63, 3.8) is 0 Å². The van der Waals surface area contributed by atoms with E-state index < -0.39 is 5.82 Å². The zero-order chi connectivity index (χ0) is 13.2. The number of halogens is 3. The first-order valence-electron chi connectivity index (χ1n) is 6.05. The van der Waals surface area contributed by atoms with Crippen LogP contribution in [0, 0.1) is 5.82 Å². The molecule has 0 aromatic heterocycles. The molecule has 0 aliphatic heterocycles. The van der Waals surface area contributed by atoms with Crippen molar-refractivity contribution in [3.05, 3.63) is 34.6 Å². The Kier molecular flexibility index (Phi) is 5.59. The van der Waals surface area contributed by atoms with Crippen LogP contribution in [0.1, 0.15) is 36.0 Å². The molecule has 0 saturated heterocycles. The number of carbonyl (C=O) groups excluding carboxylic acids is 1. The highest BCUT2D eigenvalue weighted by Gasteiger charge is 2.34. The van der Waals surface area contributed by atoms with Crippen LogP contribution >= 0.6 is 24.0 Å². The first-order valence-corrected chi connectivity index (χ1v) is 6.42. The highest BCUT2D eigenvalue weighted by Crippen LogP contribution is 2.29. The van der Waals surface area contributed by atoms with E-state index in [1.807, 2.05) is 0 Å². The zero-order valence-electron chi connectivity index (χ0n) is 10.4. The molecule has 1 amide bonds. The van der Waals surface area contributed by atoms with Crippen LogP contribution in [0.2, 0.25) is 5.02 Å². The molecule has 1 aliphatic carbocycles. The Balaban J connectivity index is 0.00000180. The van der Waals surface area contributed by atoms with Gasteiger partial charge in [-0.25, -0.2) is 4.39 Å². The van der Waals surface area contributed by atoms with Crippen molar-refractivity contribution in [2.75, 3.05) is 6.54 Å². The van der Waals surface area contributed by atoms with Gasteiger partial charge >= 0.3 is 0 Å². The SMILES string of the molecule is Cl.NCC1(NC(=O)c2cccc(F)c2Cl)CCCC1. The quantitative estimate of drug-likeness (QED) is 0.902. The lowest BCUT2D eigenvalue weighted by atomic mass is 9.97. The van der Waals surface area contributed by atoms with Crippen molar-refractivity contribution in [1.29, 1.82) is 0 Å². The maximum Gasteiger partial charge on any atom is 0.253 e. The Labute approximate surface area is 123 Å². The number of hydrogen-bond donors (Lipinski definition) is 2. The minimum Gasteiger partial charge on any atom is -0.345 e. The van der Waals surface area contributed by atoms with Gasteiger partial charge in [-0.3, -0.25) is 4.79 Å². The van der Waals surface area contributed by atoms with Gasteiger partial charge in [0.15, 0.2) is 0 Å². The van der Waals surface area contributed by atoms with Crippen molar-refractivity contribution in [3.8, 4) is 0 Å². The van der Waals surface area contributed by atoms with Crippen LogP contribution in [0.25, 0.3) is 0 Å². The van der Waals surface area contributed by atoms with Gasteiger partial charge in [0.2, 0.25) is 0 Å². The topological polar surface area (TPSA) is 55.1 Å². The van der Waals surface area contributed by atoms with E-state index in [4.69, 9.17) is 17.3 Å². The van der Waals surface area contributed by atoms with E-state index in [9.17, 15) is 9.18 Å². The second-order valence-electron chi connectivity index (χ2n) is 4.75. The summed E-state index contributed by atoms with van der Waals surface area (Å²) in [6.07, 6.45) is 3.83. The summed E-state index contributed by atoms with van der Waals surface area (Å²) < 4.78 is 13.3. The molecule has 1 aliphatic rings. The van der Waals surface area contributed by atoms with Crippen LogP contribution < -0.4 is 11.1 Å². The standard InChI is InChI=1S/C13H16ClFN2O.ClH/c14-11-9(4-3-5-10(11)15)12(18)17-13(8-16)6-1-2-7-13;/h3-5H,1-2,6-8,16H2,(H,17,18);1H. The van der Waals surface area contributed by atoms with Crippen LogP contribution in [0.15, 0.2) is 18.2 Å². The average Bonchev–Trinajstić information content (AvgIpc) is 2.81. The van der Waals surface area contributed by atoms with Gasteiger partial charge in [0.25, 0.3) is 5.91 Å². The first-order chi connectivity index (χ1) is 8.58. The number of hydrogen-bond acceptors (Lipinski definition) is 2. The molecule has 0 spiro atoms. The summed E-state index contributed by atoms with van der Waals surface area (Å²) in [5.74, 6) is -0.940. The molecule has 0 radical (unpaired) electrons.